The first kappa shape index (κ1) is 13.2. The van der Waals surface area contributed by atoms with Crippen molar-refractivity contribution in [1.29, 1.82) is 0 Å². The fourth-order valence-corrected chi connectivity index (χ4v) is 1.30. The highest BCUT2D eigenvalue weighted by atomic mass is 35.5. The number of aromatic nitrogens is 1. The van der Waals surface area contributed by atoms with Crippen molar-refractivity contribution in [3.63, 3.8) is 0 Å². The van der Waals surface area contributed by atoms with Crippen LogP contribution >= 0.6 is 23.2 Å². The number of carbonyl (C=O) groups is 1. The van der Waals surface area contributed by atoms with Gasteiger partial charge in [-0.1, -0.05) is 17.7 Å². The van der Waals surface area contributed by atoms with Crippen LogP contribution in [0.15, 0.2) is 18.3 Å². The molecule has 0 bridgehead atoms. The summed E-state index contributed by atoms with van der Waals surface area (Å²) in [5, 5.41) is 0.341. The van der Waals surface area contributed by atoms with Crippen molar-refractivity contribution in [3.05, 3.63) is 29.0 Å². The van der Waals surface area contributed by atoms with Gasteiger partial charge in [-0.3, -0.25) is 10.2 Å². The molecule has 1 heterocycles. The van der Waals surface area contributed by atoms with Gasteiger partial charge in [0.1, 0.15) is 5.15 Å². The number of pyridine rings is 1. The van der Waals surface area contributed by atoms with Crippen molar-refractivity contribution in [2.24, 2.45) is 5.84 Å². The SMILES string of the molecule is NNC(=O)C(OCCCl)c1ccc(Cl)nc1. The second-order valence-corrected chi connectivity index (χ2v) is 3.63. The Morgan fingerprint density at radius 3 is 2.88 bits per heavy atom. The van der Waals surface area contributed by atoms with Crippen LogP contribution in [0.5, 0.6) is 0 Å². The number of hydrazine groups is 1. The van der Waals surface area contributed by atoms with Crippen LogP contribution in [0.25, 0.3) is 0 Å². The number of nitrogens with one attached hydrogen (secondary N) is 1. The summed E-state index contributed by atoms with van der Waals surface area (Å²) in [7, 11) is 0. The van der Waals surface area contributed by atoms with Crippen molar-refractivity contribution >= 4 is 29.1 Å². The second-order valence-electron chi connectivity index (χ2n) is 2.86. The lowest BCUT2D eigenvalue weighted by Crippen LogP contribution is -2.36. The van der Waals surface area contributed by atoms with Crippen molar-refractivity contribution in [2.45, 2.75) is 6.10 Å². The molecule has 1 atom stereocenters. The van der Waals surface area contributed by atoms with Gasteiger partial charge >= 0.3 is 0 Å². The Labute approximate surface area is 103 Å². The van der Waals surface area contributed by atoms with Gasteiger partial charge in [0.25, 0.3) is 5.91 Å². The number of rotatable bonds is 5. The molecule has 1 aromatic heterocycles. The van der Waals surface area contributed by atoms with E-state index >= 15 is 0 Å². The van der Waals surface area contributed by atoms with Crippen LogP contribution in [-0.4, -0.2) is 23.4 Å². The van der Waals surface area contributed by atoms with Crippen LogP contribution in [0.3, 0.4) is 0 Å². The summed E-state index contributed by atoms with van der Waals surface area (Å²) < 4.78 is 5.26. The highest BCUT2D eigenvalue weighted by Crippen LogP contribution is 2.18. The smallest absolute Gasteiger partial charge is 0.267 e. The number of hydrogen-bond acceptors (Lipinski definition) is 4. The summed E-state index contributed by atoms with van der Waals surface area (Å²) >= 11 is 11.1. The molecule has 1 rings (SSSR count). The average Bonchev–Trinajstić information content (AvgIpc) is 2.31. The highest BCUT2D eigenvalue weighted by molar-refractivity contribution is 6.29. The molecular formula is C9H11Cl2N3O2. The van der Waals surface area contributed by atoms with Gasteiger partial charge in [0.2, 0.25) is 0 Å². The van der Waals surface area contributed by atoms with Crippen molar-refractivity contribution in [2.75, 3.05) is 12.5 Å². The number of nitrogens with two attached hydrogens (primary N) is 1. The molecule has 0 radical (unpaired) electrons. The quantitative estimate of drug-likeness (QED) is 0.274. The molecule has 3 N–H and O–H groups in total. The van der Waals surface area contributed by atoms with Gasteiger partial charge in [-0.15, -0.1) is 11.6 Å². The van der Waals surface area contributed by atoms with E-state index in [4.69, 9.17) is 33.8 Å². The Bertz CT molecular complexity index is 345. The minimum Gasteiger partial charge on any atom is -0.362 e. The summed E-state index contributed by atoms with van der Waals surface area (Å²) in [6.45, 7) is 0.238. The summed E-state index contributed by atoms with van der Waals surface area (Å²) in [5.41, 5.74) is 2.59. The van der Waals surface area contributed by atoms with Crippen molar-refractivity contribution in [1.82, 2.24) is 10.4 Å². The Morgan fingerprint density at radius 2 is 2.38 bits per heavy atom. The molecule has 0 saturated heterocycles. The first-order chi connectivity index (χ1) is 7.69. The summed E-state index contributed by atoms with van der Waals surface area (Å²) in [6, 6.07) is 3.21. The van der Waals surface area contributed by atoms with Crippen molar-refractivity contribution in [3.8, 4) is 0 Å². The third-order valence-electron chi connectivity index (χ3n) is 1.80. The van der Waals surface area contributed by atoms with E-state index in [1.54, 1.807) is 12.1 Å². The van der Waals surface area contributed by atoms with Gasteiger partial charge in [0.05, 0.1) is 6.61 Å². The maximum absolute atomic E-state index is 11.4. The number of carbonyl (C=O) groups excluding carboxylic acids is 1. The number of halogens is 2. The summed E-state index contributed by atoms with van der Waals surface area (Å²) in [6.07, 6.45) is 0.629. The predicted octanol–water partition coefficient (Wildman–Crippen LogP) is 1.02. The van der Waals surface area contributed by atoms with Crippen LogP contribution < -0.4 is 11.3 Å². The zero-order chi connectivity index (χ0) is 12.0. The molecule has 7 heteroatoms. The van der Waals surface area contributed by atoms with Gasteiger partial charge in [-0.2, -0.15) is 0 Å². The number of ether oxygens (including phenoxy) is 1. The van der Waals surface area contributed by atoms with E-state index in [1.165, 1.54) is 6.20 Å². The number of alkyl halides is 1. The highest BCUT2D eigenvalue weighted by Gasteiger charge is 2.20. The molecule has 0 spiro atoms. The molecular weight excluding hydrogens is 253 g/mol. The average molecular weight is 264 g/mol. The molecule has 0 aliphatic rings. The third kappa shape index (κ3) is 3.61. The van der Waals surface area contributed by atoms with Gasteiger partial charge < -0.3 is 4.74 Å². The lowest BCUT2D eigenvalue weighted by atomic mass is 10.1. The standard InChI is InChI=1S/C9H11Cl2N3O2/c10-3-4-16-8(9(15)14-12)6-1-2-7(11)13-5-6/h1-2,5,8H,3-4,12H2,(H,14,15). The second kappa shape index (κ2) is 6.65. The van der Waals surface area contributed by atoms with Crippen molar-refractivity contribution < 1.29 is 9.53 Å². The van der Waals surface area contributed by atoms with E-state index in [-0.39, 0.29) is 12.5 Å². The van der Waals surface area contributed by atoms with E-state index in [2.05, 4.69) is 4.98 Å². The summed E-state index contributed by atoms with van der Waals surface area (Å²) in [5.74, 6) is 4.88. The van der Waals surface area contributed by atoms with E-state index in [0.29, 0.717) is 10.7 Å². The van der Waals surface area contributed by atoms with E-state index in [1.807, 2.05) is 5.43 Å². The lowest BCUT2D eigenvalue weighted by molar-refractivity contribution is -0.133. The van der Waals surface area contributed by atoms with Gasteiger partial charge in [0.15, 0.2) is 6.10 Å². The van der Waals surface area contributed by atoms with Crippen LogP contribution in [0.2, 0.25) is 5.15 Å². The van der Waals surface area contributed by atoms with Gasteiger partial charge in [-0.25, -0.2) is 10.8 Å². The zero-order valence-corrected chi connectivity index (χ0v) is 9.83. The normalized spacial score (nSPS) is 12.2. The molecule has 88 valence electrons. The molecule has 0 aliphatic heterocycles. The van der Waals surface area contributed by atoms with Crippen LogP contribution in [0, 0.1) is 0 Å². The molecule has 0 fully saturated rings. The molecule has 1 aromatic rings. The summed E-state index contributed by atoms with van der Waals surface area (Å²) in [4.78, 5) is 15.3. The van der Waals surface area contributed by atoms with Gasteiger partial charge in [-0.05, 0) is 6.07 Å². The Hall–Kier alpha value is -0.880. The molecule has 1 unspecified atom stereocenters. The predicted molar refractivity (Wildman–Crippen MR) is 61.0 cm³/mol. The Balaban J connectivity index is 2.82. The molecule has 0 saturated carbocycles. The molecule has 1 amide bonds. The molecule has 0 aliphatic carbocycles. The van der Waals surface area contributed by atoms with E-state index in [9.17, 15) is 4.79 Å². The number of amides is 1. The number of hydrogen-bond donors (Lipinski definition) is 2. The minimum absolute atomic E-state index is 0.238. The largest absolute Gasteiger partial charge is 0.362 e. The topological polar surface area (TPSA) is 77.2 Å². The Kier molecular flexibility index (Phi) is 5.48. The van der Waals surface area contributed by atoms with Gasteiger partial charge in [0, 0.05) is 17.6 Å². The van der Waals surface area contributed by atoms with Crippen LogP contribution in [0.4, 0.5) is 0 Å². The maximum atomic E-state index is 11.4. The van der Waals surface area contributed by atoms with Crippen LogP contribution in [0.1, 0.15) is 11.7 Å². The molecule has 16 heavy (non-hydrogen) atoms. The molecule has 5 nitrogen and oxygen atoms in total. The zero-order valence-electron chi connectivity index (χ0n) is 8.32. The number of nitrogens with zero attached hydrogens (tertiary/aromatic N) is 1. The van der Waals surface area contributed by atoms with E-state index < -0.39 is 12.0 Å². The van der Waals surface area contributed by atoms with Crippen LogP contribution in [-0.2, 0) is 9.53 Å². The molecule has 0 aromatic carbocycles. The minimum atomic E-state index is -0.825. The maximum Gasteiger partial charge on any atom is 0.267 e. The lowest BCUT2D eigenvalue weighted by Gasteiger charge is -2.15. The van der Waals surface area contributed by atoms with E-state index in [0.717, 1.165) is 0 Å². The fourth-order valence-electron chi connectivity index (χ4n) is 1.10. The monoisotopic (exact) mass is 263 g/mol. The first-order valence-corrected chi connectivity index (χ1v) is 5.39. The fraction of sp³-hybridized carbons (Fsp3) is 0.333. The third-order valence-corrected chi connectivity index (χ3v) is 2.17. The Morgan fingerprint density at radius 1 is 1.62 bits per heavy atom. The first-order valence-electron chi connectivity index (χ1n) is 4.48.